The number of esters is 2. The summed E-state index contributed by atoms with van der Waals surface area (Å²) in [6.07, 6.45) is -6.25. The molecule has 0 aromatic rings. The van der Waals surface area contributed by atoms with E-state index in [-0.39, 0.29) is 0 Å². The fraction of sp³-hybridized carbons (Fsp3) is 0.786. The standard InChI is InChI=1S/C14H22O10/c1-6-10(23-8(3)16)4-14(21,13(19)20)24-12(6)11(18)9(17)5-22-7(2)15/h6,9-12,17-18,21H,4-5H2,1-3H3,(H,19,20). The van der Waals surface area contributed by atoms with Gasteiger partial charge < -0.3 is 34.6 Å². The summed E-state index contributed by atoms with van der Waals surface area (Å²) in [7, 11) is 0. The smallest absolute Gasteiger partial charge is 0.364 e. The Kier molecular flexibility index (Phi) is 6.67. The molecule has 0 amide bonds. The summed E-state index contributed by atoms with van der Waals surface area (Å²) in [4.78, 5) is 33.2. The minimum absolute atomic E-state index is 0.535. The predicted octanol–water partition coefficient (Wildman–Crippen LogP) is -1.60. The molecule has 6 unspecified atom stereocenters. The van der Waals surface area contributed by atoms with Crippen molar-refractivity contribution in [3.63, 3.8) is 0 Å². The quantitative estimate of drug-likeness (QED) is 0.411. The van der Waals surface area contributed by atoms with Crippen molar-refractivity contribution in [2.24, 2.45) is 5.92 Å². The van der Waals surface area contributed by atoms with Gasteiger partial charge >= 0.3 is 17.9 Å². The lowest BCUT2D eigenvalue weighted by Gasteiger charge is -2.44. The summed E-state index contributed by atoms with van der Waals surface area (Å²) in [5.41, 5.74) is 0. The number of hydrogen-bond donors (Lipinski definition) is 4. The van der Waals surface area contributed by atoms with Crippen LogP contribution in [0.2, 0.25) is 0 Å². The number of carboxylic acid groups (broad SMARTS) is 1. The Morgan fingerprint density at radius 3 is 2.29 bits per heavy atom. The molecule has 0 aliphatic carbocycles. The molecule has 4 N–H and O–H groups in total. The largest absolute Gasteiger partial charge is 0.477 e. The van der Waals surface area contributed by atoms with Gasteiger partial charge in [0.1, 0.15) is 24.9 Å². The van der Waals surface area contributed by atoms with E-state index in [1.54, 1.807) is 0 Å². The van der Waals surface area contributed by atoms with E-state index in [0.29, 0.717) is 0 Å². The molecule has 10 nitrogen and oxygen atoms in total. The van der Waals surface area contributed by atoms with Crippen LogP contribution in [0.25, 0.3) is 0 Å². The Balaban J connectivity index is 2.97. The average molecular weight is 350 g/mol. The highest BCUT2D eigenvalue weighted by atomic mass is 16.7. The van der Waals surface area contributed by atoms with E-state index in [0.717, 1.165) is 13.8 Å². The molecule has 1 aliphatic heterocycles. The van der Waals surface area contributed by atoms with Gasteiger partial charge in [-0.1, -0.05) is 6.92 Å². The van der Waals surface area contributed by atoms with Gasteiger partial charge in [0, 0.05) is 19.8 Å². The second-order valence-electron chi connectivity index (χ2n) is 5.74. The maximum absolute atomic E-state index is 11.2. The molecule has 24 heavy (non-hydrogen) atoms. The fourth-order valence-electron chi connectivity index (χ4n) is 2.45. The number of aliphatic carboxylic acids is 1. The molecule has 0 bridgehead atoms. The van der Waals surface area contributed by atoms with Crippen molar-refractivity contribution >= 4 is 17.9 Å². The topological polar surface area (TPSA) is 160 Å². The summed E-state index contributed by atoms with van der Waals surface area (Å²) in [6, 6.07) is 0. The van der Waals surface area contributed by atoms with E-state index >= 15 is 0 Å². The van der Waals surface area contributed by atoms with Gasteiger partial charge in [0.25, 0.3) is 5.79 Å². The predicted molar refractivity (Wildman–Crippen MR) is 75.4 cm³/mol. The highest BCUT2D eigenvalue weighted by Gasteiger charge is 2.53. The van der Waals surface area contributed by atoms with Crippen molar-refractivity contribution < 1.29 is 49.0 Å². The molecule has 1 fully saturated rings. The van der Waals surface area contributed by atoms with Gasteiger partial charge in [0.15, 0.2) is 0 Å². The van der Waals surface area contributed by atoms with Gasteiger partial charge in [-0.05, 0) is 0 Å². The second kappa shape index (κ2) is 7.88. The maximum Gasteiger partial charge on any atom is 0.364 e. The lowest BCUT2D eigenvalue weighted by atomic mass is 9.84. The van der Waals surface area contributed by atoms with Crippen LogP contribution < -0.4 is 0 Å². The van der Waals surface area contributed by atoms with E-state index < -0.39 is 67.1 Å². The molecule has 1 heterocycles. The molecule has 0 spiro atoms. The van der Waals surface area contributed by atoms with Crippen LogP contribution in [0.4, 0.5) is 0 Å². The Hall–Kier alpha value is -1.75. The molecule has 0 radical (unpaired) electrons. The molecule has 0 aromatic carbocycles. The Bertz CT molecular complexity index is 492. The van der Waals surface area contributed by atoms with E-state index in [9.17, 15) is 29.7 Å². The third-order valence-corrected chi connectivity index (χ3v) is 3.75. The lowest BCUT2D eigenvalue weighted by Crippen LogP contribution is -2.60. The van der Waals surface area contributed by atoms with E-state index in [1.165, 1.54) is 6.92 Å². The minimum atomic E-state index is -2.70. The fourth-order valence-corrected chi connectivity index (χ4v) is 2.45. The molecule has 138 valence electrons. The Morgan fingerprint density at radius 2 is 1.83 bits per heavy atom. The maximum atomic E-state index is 11.2. The monoisotopic (exact) mass is 350 g/mol. The van der Waals surface area contributed by atoms with Crippen LogP contribution in [-0.4, -0.2) is 75.1 Å². The summed E-state index contributed by atoms with van der Waals surface area (Å²) in [5, 5.41) is 39.2. The number of carbonyl (C=O) groups excluding carboxylic acids is 2. The normalized spacial score (nSPS) is 32.5. The average Bonchev–Trinajstić information content (AvgIpc) is 2.46. The summed E-state index contributed by atoms with van der Waals surface area (Å²) in [5.74, 6) is -6.54. The number of aliphatic hydroxyl groups excluding tert-OH is 2. The number of carboxylic acids is 1. The Morgan fingerprint density at radius 1 is 1.25 bits per heavy atom. The second-order valence-corrected chi connectivity index (χ2v) is 5.74. The third kappa shape index (κ3) is 4.87. The van der Waals surface area contributed by atoms with Crippen molar-refractivity contribution in [1.29, 1.82) is 0 Å². The first kappa shape index (κ1) is 20.3. The first-order valence-electron chi connectivity index (χ1n) is 7.28. The Labute approximate surface area is 137 Å². The minimum Gasteiger partial charge on any atom is -0.477 e. The SMILES string of the molecule is CC(=O)OCC(O)C(O)C1OC(O)(C(=O)O)CC(OC(C)=O)C1C. The van der Waals surface area contributed by atoms with E-state index in [1.807, 2.05) is 0 Å². The van der Waals surface area contributed by atoms with Crippen LogP contribution in [0.1, 0.15) is 27.2 Å². The molecule has 6 atom stereocenters. The van der Waals surface area contributed by atoms with Crippen LogP contribution in [0.15, 0.2) is 0 Å². The number of hydrogen-bond acceptors (Lipinski definition) is 9. The van der Waals surface area contributed by atoms with Crippen LogP contribution in [0.3, 0.4) is 0 Å². The molecular weight excluding hydrogens is 328 g/mol. The molecule has 10 heteroatoms. The van der Waals surface area contributed by atoms with Crippen LogP contribution in [0.5, 0.6) is 0 Å². The molecule has 1 rings (SSSR count). The first-order valence-corrected chi connectivity index (χ1v) is 7.28. The summed E-state index contributed by atoms with van der Waals surface area (Å²) >= 11 is 0. The highest BCUT2D eigenvalue weighted by molar-refractivity contribution is 5.75. The first-order chi connectivity index (χ1) is 11.0. The summed E-state index contributed by atoms with van der Waals surface area (Å²) in [6.45, 7) is 3.18. The van der Waals surface area contributed by atoms with Crippen molar-refractivity contribution in [3.05, 3.63) is 0 Å². The van der Waals surface area contributed by atoms with Crippen LogP contribution >= 0.6 is 0 Å². The number of rotatable bonds is 6. The van der Waals surface area contributed by atoms with Crippen molar-refractivity contribution in [3.8, 4) is 0 Å². The highest BCUT2D eigenvalue weighted by Crippen LogP contribution is 2.35. The molecule has 0 aromatic heterocycles. The molecule has 1 saturated heterocycles. The van der Waals surface area contributed by atoms with E-state index in [2.05, 4.69) is 4.74 Å². The molecule has 0 saturated carbocycles. The summed E-state index contributed by atoms with van der Waals surface area (Å²) < 4.78 is 14.6. The number of ether oxygens (including phenoxy) is 3. The zero-order valence-electron chi connectivity index (χ0n) is 13.5. The van der Waals surface area contributed by atoms with Crippen LogP contribution in [0, 0.1) is 5.92 Å². The van der Waals surface area contributed by atoms with Crippen molar-refractivity contribution in [1.82, 2.24) is 0 Å². The zero-order chi connectivity index (χ0) is 18.7. The molecule has 1 aliphatic rings. The van der Waals surface area contributed by atoms with Gasteiger partial charge in [0.05, 0.1) is 12.5 Å². The molecular formula is C14H22O10. The van der Waals surface area contributed by atoms with Crippen molar-refractivity contribution in [2.45, 2.75) is 57.4 Å². The number of aliphatic hydroxyl groups is 3. The lowest BCUT2D eigenvalue weighted by molar-refractivity contribution is -0.303. The van der Waals surface area contributed by atoms with Gasteiger partial charge in [-0.15, -0.1) is 0 Å². The van der Waals surface area contributed by atoms with Gasteiger partial charge in [-0.3, -0.25) is 9.59 Å². The van der Waals surface area contributed by atoms with Gasteiger partial charge in [-0.25, -0.2) is 4.79 Å². The van der Waals surface area contributed by atoms with Gasteiger partial charge in [-0.2, -0.15) is 0 Å². The van der Waals surface area contributed by atoms with Crippen LogP contribution in [-0.2, 0) is 28.6 Å². The van der Waals surface area contributed by atoms with E-state index in [4.69, 9.17) is 14.6 Å². The van der Waals surface area contributed by atoms with Gasteiger partial charge in [0.2, 0.25) is 0 Å². The number of carbonyl (C=O) groups is 3. The van der Waals surface area contributed by atoms with Crippen molar-refractivity contribution in [2.75, 3.05) is 6.61 Å². The zero-order valence-corrected chi connectivity index (χ0v) is 13.5. The third-order valence-electron chi connectivity index (χ3n) is 3.75.